The molecule has 0 fully saturated rings. The van der Waals surface area contributed by atoms with Gasteiger partial charge in [-0.05, 0) is 34.4 Å². The first-order valence-corrected chi connectivity index (χ1v) is 11.8. The number of carbonyl (C=O) groups is 2. The summed E-state index contributed by atoms with van der Waals surface area (Å²) in [5.41, 5.74) is 2.83. The van der Waals surface area contributed by atoms with Crippen LogP contribution in [0.1, 0.15) is 28.7 Å². The van der Waals surface area contributed by atoms with Crippen molar-refractivity contribution >= 4 is 11.9 Å². The molecule has 4 rings (SSSR count). The van der Waals surface area contributed by atoms with Crippen LogP contribution in [-0.2, 0) is 21.4 Å². The van der Waals surface area contributed by atoms with Gasteiger partial charge in [-0.15, -0.1) is 0 Å². The summed E-state index contributed by atoms with van der Waals surface area (Å²) in [6, 6.07) is 35.8. The summed E-state index contributed by atoms with van der Waals surface area (Å²) in [5, 5.41) is 12.7. The van der Waals surface area contributed by atoms with Crippen molar-refractivity contribution in [2.24, 2.45) is 0 Å². The van der Waals surface area contributed by atoms with Gasteiger partial charge in [-0.3, -0.25) is 4.79 Å². The van der Waals surface area contributed by atoms with Crippen LogP contribution in [-0.4, -0.2) is 30.1 Å². The first-order valence-electron chi connectivity index (χ1n) is 11.8. The minimum absolute atomic E-state index is 0.0485. The Kier molecular flexibility index (Phi) is 7.81. The molecule has 0 spiro atoms. The summed E-state index contributed by atoms with van der Waals surface area (Å²) >= 11 is 0. The maximum atomic E-state index is 13.6. The summed E-state index contributed by atoms with van der Waals surface area (Å²) in [6.07, 6.45) is 0.195. The molecule has 0 saturated carbocycles. The zero-order valence-electron chi connectivity index (χ0n) is 20.1. The molecular formula is C31H29NO4. The van der Waals surface area contributed by atoms with E-state index in [4.69, 9.17) is 4.74 Å². The number of hydrogen-bond donors (Lipinski definition) is 2. The fourth-order valence-corrected chi connectivity index (χ4v) is 4.70. The van der Waals surface area contributed by atoms with Gasteiger partial charge >= 0.3 is 5.97 Å². The van der Waals surface area contributed by atoms with Gasteiger partial charge < -0.3 is 15.2 Å². The Morgan fingerprint density at radius 3 is 1.72 bits per heavy atom. The van der Waals surface area contributed by atoms with Gasteiger partial charge in [0.05, 0.1) is 12.5 Å². The standard InChI is InChI=1S/C31H29NO4/c1-36-27-19-11-12-23(20-27)21-28(30(34)35)32-29(33)22-31(24-13-5-2-6-14-24,25-15-7-3-8-16-25)26-17-9-4-10-18-26/h2-20,28H,21-22H2,1H3,(H,32,33)(H,34,35)/t28-/m1/s1. The van der Waals surface area contributed by atoms with Crippen LogP contribution in [0.3, 0.4) is 0 Å². The molecule has 0 saturated heterocycles. The van der Waals surface area contributed by atoms with Gasteiger partial charge in [0.1, 0.15) is 11.8 Å². The quantitative estimate of drug-likeness (QED) is 0.305. The van der Waals surface area contributed by atoms with E-state index >= 15 is 0 Å². The van der Waals surface area contributed by atoms with Crippen molar-refractivity contribution in [3.8, 4) is 5.75 Å². The average molecular weight is 480 g/mol. The summed E-state index contributed by atoms with van der Waals surface area (Å²) in [5.74, 6) is -0.794. The number of ether oxygens (including phenoxy) is 1. The molecule has 1 amide bonds. The van der Waals surface area contributed by atoms with Crippen molar-refractivity contribution in [1.29, 1.82) is 0 Å². The zero-order chi connectivity index (χ0) is 25.4. The monoisotopic (exact) mass is 479 g/mol. The average Bonchev–Trinajstić information content (AvgIpc) is 2.93. The Labute approximate surface area is 211 Å². The second kappa shape index (κ2) is 11.4. The SMILES string of the molecule is COc1cccc(C[C@@H](NC(=O)CC(c2ccccc2)(c2ccccc2)c2ccccc2)C(=O)O)c1. The van der Waals surface area contributed by atoms with E-state index in [2.05, 4.69) is 5.32 Å². The fraction of sp³-hybridized carbons (Fsp3) is 0.161. The number of rotatable bonds is 10. The molecule has 4 aromatic carbocycles. The van der Waals surface area contributed by atoms with Gasteiger partial charge in [-0.1, -0.05) is 103 Å². The van der Waals surface area contributed by atoms with E-state index in [1.54, 1.807) is 25.3 Å². The first-order chi connectivity index (χ1) is 17.5. The number of carboxylic acids is 1. The highest BCUT2D eigenvalue weighted by Gasteiger charge is 2.39. The number of amides is 1. The maximum Gasteiger partial charge on any atom is 0.326 e. The molecule has 0 unspecified atom stereocenters. The molecule has 1 atom stereocenters. The zero-order valence-corrected chi connectivity index (χ0v) is 20.1. The van der Waals surface area contributed by atoms with Gasteiger partial charge in [0.15, 0.2) is 0 Å². The molecule has 0 heterocycles. The third-order valence-corrected chi connectivity index (χ3v) is 6.43. The van der Waals surface area contributed by atoms with E-state index in [1.807, 2.05) is 97.1 Å². The molecule has 2 N–H and O–H groups in total. The predicted octanol–water partition coefficient (Wildman–Crippen LogP) is 5.23. The second-order valence-electron chi connectivity index (χ2n) is 8.69. The third kappa shape index (κ3) is 5.47. The first kappa shape index (κ1) is 24.7. The van der Waals surface area contributed by atoms with Crippen LogP contribution in [0.15, 0.2) is 115 Å². The van der Waals surface area contributed by atoms with Gasteiger partial charge in [0.2, 0.25) is 5.91 Å². The van der Waals surface area contributed by atoms with Crippen molar-refractivity contribution in [2.75, 3.05) is 7.11 Å². The predicted molar refractivity (Wildman–Crippen MR) is 140 cm³/mol. The molecule has 5 heteroatoms. The van der Waals surface area contributed by atoms with Crippen molar-refractivity contribution < 1.29 is 19.4 Å². The molecule has 5 nitrogen and oxygen atoms in total. The fourth-order valence-electron chi connectivity index (χ4n) is 4.70. The van der Waals surface area contributed by atoms with Gasteiger partial charge in [-0.2, -0.15) is 0 Å². The number of hydrogen-bond acceptors (Lipinski definition) is 3. The minimum atomic E-state index is -1.09. The van der Waals surface area contributed by atoms with Crippen LogP contribution in [0, 0.1) is 0 Å². The number of carbonyl (C=O) groups excluding carboxylic acids is 1. The van der Waals surface area contributed by atoms with Crippen LogP contribution < -0.4 is 10.1 Å². The molecule has 182 valence electrons. The van der Waals surface area contributed by atoms with Crippen LogP contribution in [0.25, 0.3) is 0 Å². The third-order valence-electron chi connectivity index (χ3n) is 6.43. The second-order valence-corrected chi connectivity index (χ2v) is 8.69. The molecule has 0 aromatic heterocycles. The minimum Gasteiger partial charge on any atom is -0.497 e. The molecule has 0 aliphatic heterocycles. The van der Waals surface area contributed by atoms with Crippen molar-refractivity contribution in [3.63, 3.8) is 0 Å². The number of carboxylic acid groups (broad SMARTS) is 1. The lowest BCUT2D eigenvalue weighted by Crippen LogP contribution is -2.45. The Balaban J connectivity index is 1.71. The highest BCUT2D eigenvalue weighted by atomic mass is 16.5. The van der Waals surface area contributed by atoms with Gasteiger partial charge in [0.25, 0.3) is 0 Å². The Morgan fingerprint density at radius 2 is 1.28 bits per heavy atom. The molecule has 0 bridgehead atoms. The highest BCUT2D eigenvalue weighted by Crippen LogP contribution is 2.42. The van der Waals surface area contributed by atoms with E-state index in [1.165, 1.54) is 0 Å². The van der Waals surface area contributed by atoms with Crippen molar-refractivity contribution in [1.82, 2.24) is 5.32 Å². The van der Waals surface area contributed by atoms with Crippen LogP contribution >= 0.6 is 0 Å². The largest absolute Gasteiger partial charge is 0.497 e. The van der Waals surface area contributed by atoms with Gasteiger partial charge in [0, 0.05) is 12.8 Å². The molecule has 0 aliphatic rings. The lowest BCUT2D eigenvalue weighted by molar-refractivity contribution is -0.141. The van der Waals surface area contributed by atoms with E-state index in [0.29, 0.717) is 5.75 Å². The Hall–Kier alpha value is -4.38. The summed E-state index contributed by atoms with van der Waals surface area (Å²) < 4.78 is 5.26. The molecular weight excluding hydrogens is 450 g/mol. The smallest absolute Gasteiger partial charge is 0.326 e. The van der Waals surface area contributed by atoms with E-state index in [-0.39, 0.29) is 18.7 Å². The lowest BCUT2D eigenvalue weighted by Gasteiger charge is -2.36. The number of aliphatic carboxylic acids is 1. The number of methoxy groups -OCH3 is 1. The molecule has 36 heavy (non-hydrogen) atoms. The Morgan fingerprint density at radius 1 is 0.778 bits per heavy atom. The lowest BCUT2D eigenvalue weighted by atomic mass is 9.67. The number of benzene rings is 4. The summed E-state index contributed by atoms with van der Waals surface area (Å²) in [6.45, 7) is 0. The Bertz CT molecular complexity index is 1190. The van der Waals surface area contributed by atoms with Gasteiger partial charge in [-0.25, -0.2) is 4.79 Å². The summed E-state index contributed by atoms with van der Waals surface area (Å²) in [7, 11) is 1.56. The molecule has 4 aromatic rings. The van der Waals surface area contributed by atoms with Crippen LogP contribution in [0.2, 0.25) is 0 Å². The van der Waals surface area contributed by atoms with E-state index in [0.717, 1.165) is 22.3 Å². The normalized spacial score (nSPS) is 11.9. The van der Waals surface area contributed by atoms with Crippen LogP contribution in [0.5, 0.6) is 5.75 Å². The topological polar surface area (TPSA) is 75.6 Å². The molecule has 0 aliphatic carbocycles. The van der Waals surface area contributed by atoms with Crippen LogP contribution in [0.4, 0.5) is 0 Å². The highest BCUT2D eigenvalue weighted by molar-refractivity contribution is 5.85. The van der Waals surface area contributed by atoms with E-state index < -0.39 is 17.4 Å². The van der Waals surface area contributed by atoms with Crippen molar-refractivity contribution in [2.45, 2.75) is 24.3 Å². The van der Waals surface area contributed by atoms with E-state index in [9.17, 15) is 14.7 Å². The molecule has 0 radical (unpaired) electrons. The van der Waals surface area contributed by atoms with Crippen molar-refractivity contribution in [3.05, 3.63) is 138 Å². The maximum absolute atomic E-state index is 13.6. The summed E-state index contributed by atoms with van der Waals surface area (Å²) in [4.78, 5) is 25.7. The number of nitrogens with one attached hydrogen (secondary N) is 1.